The average Bonchev–Trinajstić information content (AvgIpc) is 2.82. The molecule has 1 fully saturated rings. The molecule has 2 atom stereocenters. The van der Waals surface area contributed by atoms with Crippen LogP contribution >= 0.6 is 0 Å². The smallest absolute Gasteiger partial charge is 0.401 e. The number of hydrogen-bond donors (Lipinski definition) is 1. The summed E-state index contributed by atoms with van der Waals surface area (Å²) in [6.07, 6.45) is -0.719. The van der Waals surface area contributed by atoms with Crippen LogP contribution in [0.25, 0.3) is 0 Å². The van der Waals surface area contributed by atoms with Crippen LogP contribution in [0.15, 0.2) is 18.2 Å². The molecule has 2 heterocycles. The van der Waals surface area contributed by atoms with E-state index in [0.29, 0.717) is 31.3 Å². The van der Waals surface area contributed by atoms with Crippen molar-refractivity contribution in [3.05, 3.63) is 23.8 Å². The summed E-state index contributed by atoms with van der Waals surface area (Å²) in [5.41, 5.74) is 0.250. The summed E-state index contributed by atoms with van der Waals surface area (Å²) in [6.45, 7) is 5.38. The lowest BCUT2D eigenvalue weighted by Crippen LogP contribution is -2.49. The van der Waals surface area contributed by atoms with Gasteiger partial charge >= 0.3 is 7.62 Å². The molecule has 7 heteroatoms. The third-order valence-electron chi connectivity index (χ3n) is 4.08. The third kappa shape index (κ3) is 2.81. The second-order valence-electron chi connectivity index (χ2n) is 5.92. The zero-order valence-corrected chi connectivity index (χ0v) is 13.1. The Morgan fingerprint density at radius 2 is 2.05 bits per heavy atom. The predicted molar refractivity (Wildman–Crippen MR) is 80.8 cm³/mol. The first-order valence-corrected chi connectivity index (χ1v) is 7.39. The van der Waals surface area contributed by atoms with E-state index in [0.717, 1.165) is 5.56 Å². The second kappa shape index (κ2) is 6.08. The second-order valence-corrected chi connectivity index (χ2v) is 5.92. The van der Waals surface area contributed by atoms with Crippen LogP contribution in [-0.2, 0) is 9.39 Å². The molecular formula is C15H21BNO5. The van der Waals surface area contributed by atoms with E-state index >= 15 is 0 Å². The average molecular weight is 306 g/mol. The Kier molecular flexibility index (Phi) is 4.32. The van der Waals surface area contributed by atoms with E-state index in [2.05, 4.69) is 0 Å². The minimum atomic E-state index is -0.719. The fraction of sp³-hybridized carbons (Fsp3) is 0.600. The third-order valence-corrected chi connectivity index (χ3v) is 4.08. The van der Waals surface area contributed by atoms with Crippen LogP contribution in [0.2, 0.25) is 0 Å². The zero-order valence-electron chi connectivity index (χ0n) is 13.1. The Hall–Kier alpha value is -1.28. The minimum absolute atomic E-state index is 0.225. The molecule has 1 aromatic carbocycles. The van der Waals surface area contributed by atoms with E-state index in [4.69, 9.17) is 18.9 Å². The van der Waals surface area contributed by atoms with Crippen molar-refractivity contribution in [1.82, 2.24) is 4.81 Å². The van der Waals surface area contributed by atoms with E-state index in [1.807, 2.05) is 36.9 Å². The molecule has 0 saturated carbocycles. The van der Waals surface area contributed by atoms with Crippen LogP contribution in [0.3, 0.4) is 0 Å². The van der Waals surface area contributed by atoms with Crippen molar-refractivity contribution in [3.63, 3.8) is 0 Å². The lowest BCUT2D eigenvalue weighted by Gasteiger charge is -2.34. The number of aliphatic hydroxyl groups is 1. The zero-order chi connectivity index (χ0) is 15.7. The molecule has 2 aliphatic rings. The maximum absolute atomic E-state index is 10.8. The molecule has 0 spiro atoms. The molecular weight excluding hydrogens is 285 g/mol. The monoisotopic (exact) mass is 306 g/mol. The van der Waals surface area contributed by atoms with Gasteiger partial charge in [-0.2, -0.15) is 0 Å². The largest absolute Gasteiger partial charge is 0.486 e. The maximum Gasteiger partial charge on any atom is 0.401 e. The summed E-state index contributed by atoms with van der Waals surface area (Å²) < 4.78 is 22.0. The van der Waals surface area contributed by atoms with Crippen molar-refractivity contribution >= 4 is 7.62 Å². The van der Waals surface area contributed by atoms with E-state index < -0.39 is 11.8 Å². The van der Waals surface area contributed by atoms with Crippen molar-refractivity contribution in [3.8, 4) is 11.5 Å². The highest BCUT2D eigenvalue weighted by Gasteiger charge is 2.44. The Labute approximate surface area is 131 Å². The van der Waals surface area contributed by atoms with E-state index in [-0.39, 0.29) is 6.04 Å². The Morgan fingerprint density at radius 3 is 2.77 bits per heavy atom. The lowest BCUT2D eigenvalue weighted by molar-refractivity contribution is -0.0244. The molecule has 1 aromatic rings. The summed E-state index contributed by atoms with van der Waals surface area (Å²) in [5, 5.41) is 10.8. The molecule has 0 aromatic heterocycles. The van der Waals surface area contributed by atoms with E-state index in [1.165, 1.54) is 0 Å². The number of aliphatic hydroxyl groups excluding tert-OH is 1. The van der Waals surface area contributed by atoms with Crippen LogP contribution in [-0.4, -0.2) is 56.2 Å². The first-order chi connectivity index (χ1) is 10.5. The SMILES string of the molecule is CO[B]N1[C@@H]([C@H](O)c2ccc3c(c2)OCCO3)COC1(C)C. The van der Waals surface area contributed by atoms with Crippen molar-refractivity contribution in [1.29, 1.82) is 0 Å². The van der Waals surface area contributed by atoms with Crippen LogP contribution in [0.4, 0.5) is 0 Å². The van der Waals surface area contributed by atoms with Gasteiger partial charge < -0.3 is 24.0 Å². The number of rotatable bonds is 4. The van der Waals surface area contributed by atoms with Gasteiger partial charge in [0.1, 0.15) is 18.9 Å². The van der Waals surface area contributed by atoms with Crippen LogP contribution in [0, 0.1) is 0 Å². The number of benzene rings is 1. The van der Waals surface area contributed by atoms with Crippen molar-refractivity contribution in [2.45, 2.75) is 31.7 Å². The fourth-order valence-electron chi connectivity index (χ4n) is 2.87. The molecule has 0 bridgehead atoms. The van der Waals surface area contributed by atoms with Gasteiger partial charge in [0.05, 0.1) is 18.8 Å². The highest BCUT2D eigenvalue weighted by atomic mass is 16.6. The van der Waals surface area contributed by atoms with Gasteiger partial charge in [0.2, 0.25) is 0 Å². The Morgan fingerprint density at radius 1 is 1.32 bits per heavy atom. The molecule has 6 nitrogen and oxygen atoms in total. The standard InChI is InChI=1S/C15H21BNO5/c1-15(2)17(16-19-3)11(9-22-15)14(18)10-4-5-12-13(8-10)21-7-6-20-12/h4-5,8,11,14,18H,6-7,9H2,1-3H3/t11-,14-/m1/s1. The van der Waals surface area contributed by atoms with E-state index in [9.17, 15) is 5.11 Å². The summed E-state index contributed by atoms with van der Waals surface area (Å²) >= 11 is 0. The molecule has 2 aliphatic heterocycles. The Balaban J connectivity index is 1.82. The van der Waals surface area contributed by atoms with Gasteiger partial charge in [-0.3, -0.25) is 4.81 Å². The van der Waals surface area contributed by atoms with Crippen LogP contribution < -0.4 is 9.47 Å². The molecule has 1 radical (unpaired) electrons. The van der Waals surface area contributed by atoms with Crippen molar-refractivity contribution in [2.24, 2.45) is 0 Å². The van der Waals surface area contributed by atoms with Crippen LogP contribution in [0.5, 0.6) is 11.5 Å². The first-order valence-electron chi connectivity index (χ1n) is 7.39. The summed E-state index contributed by atoms with van der Waals surface area (Å²) in [5.74, 6) is 1.38. The van der Waals surface area contributed by atoms with Gasteiger partial charge in [0.15, 0.2) is 11.5 Å². The van der Waals surface area contributed by atoms with Gasteiger partial charge in [-0.1, -0.05) is 6.07 Å². The number of fused-ring (bicyclic) bond motifs is 1. The number of ether oxygens (including phenoxy) is 3. The quantitative estimate of drug-likeness (QED) is 0.841. The molecule has 22 heavy (non-hydrogen) atoms. The summed E-state index contributed by atoms with van der Waals surface area (Å²) in [4.78, 5) is 1.90. The molecule has 1 saturated heterocycles. The van der Waals surface area contributed by atoms with Gasteiger partial charge in [-0.25, -0.2) is 0 Å². The van der Waals surface area contributed by atoms with Gasteiger partial charge in [0, 0.05) is 7.11 Å². The topological polar surface area (TPSA) is 60.4 Å². The molecule has 119 valence electrons. The lowest BCUT2D eigenvalue weighted by atomic mass is 9.96. The van der Waals surface area contributed by atoms with Gasteiger partial charge in [0.25, 0.3) is 0 Å². The highest BCUT2D eigenvalue weighted by molar-refractivity contribution is 6.23. The molecule has 1 N–H and O–H groups in total. The predicted octanol–water partition coefficient (Wildman–Crippen LogP) is 1.11. The fourth-order valence-corrected chi connectivity index (χ4v) is 2.87. The maximum atomic E-state index is 10.8. The van der Waals surface area contributed by atoms with Crippen molar-refractivity contribution in [2.75, 3.05) is 26.9 Å². The molecule has 0 amide bonds. The molecule has 0 unspecified atom stereocenters. The Bertz CT molecular complexity index is 539. The van der Waals surface area contributed by atoms with Gasteiger partial charge in [-0.05, 0) is 31.5 Å². The normalized spacial score (nSPS) is 25.0. The number of hydrogen-bond acceptors (Lipinski definition) is 6. The number of nitrogens with zero attached hydrogens (tertiary/aromatic N) is 1. The molecule has 0 aliphatic carbocycles. The minimum Gasteiger partial charge on any atom is -0.486 e. The van der Waals surface area contributed by atoms with Gasteiger partial charge in [-0.15, -0.1) is 0 Å². The van der Waals surface area contributed by atoms with Crippen LogP contribution in [0.1, 0.15) is 25.5 Å². The summed E-state index contributed by atoms with van der Waals surface area (Å²) in [7, 11) is 3.18. The summed E-state index contributed by atoms with van der Waals surface area (Å²) in [6, 6.07) is 5.29. The highest BCUT2D eigenvalue weighted by Crippen LogP contribution is 2.37. The van der Waals surface area contributed by atoms with E-state index in [1.54, 1.807) is 14.7 Å². The van der Waals surface area contributed by atoms with Crippen molar-refractivity contribution < 1.29 is 24.0 Å². The first kappa shape index (κ1) is 15.6. The molecule has 3 rings (SSSR count).